The van der Waals surface area contributed by atoms with Crippen molar-refractivity contribution in [2.24, 2.45) is 11.8 Å². The van der Waals surface area contributed by atoms with Crippen LogP contribution in [-0.2, 0) is 19.6 Å². The third-order valence-electron chi connectivity index (χ3n) is 6.52. The monoisotopic (exact) mass is 374 g/mol. The van der Waals surface area contributed by atoms with Crippen LogP contribution in [0.2, 0.25) is 0 Å². The Morgan fingerprint density at radius 2 is 1.96 bits per heavy atom. The summed E-state index contributed by atoms with van der Waals surface area (Å²) >= 11 is 0. The molecule has 2 bridgehead atoms. The topological polar surface area (TPSA) is 66.9 Å². The Bertz CT molecular complexity index is 649. The zero-order chi connectivity index (χ0) is 17.8. The number of halogens is 1. The largest absolute Gasteiger partial charge is 0.365 e. The molecule has 142 valence electrons. The van der Waals surface area contributed by atoms with Crippen LogP contribution in [0.15, 0.2) is 0 Å². The first kappa shape index (κ1) is 17.7. The molecule has 25 heavy (non-hydrogen) atoms. The van der Waals surface area contributed by atoms with Crippen molar-refractivity contribution >= 4 is 15.9 Å². The molecule has 1 amide bonds. The molecule has 6 nitrogen and oxygen atoms in total. The van der Waals surface area contributed by atoms with E-state index >= 15 is 0 Å². The zero-order valence-corrected chi connectivity index (χ0v) is 15.5. The van der Waals surface area contributed by atoms with E-state index in [0.29, 0.717) is 25.4 Å². The second kappa shape index (κ2) is 6.16. The van der Waals surface area contributed by atoms with Crippen LogP contribution < -0.4 is 0 Å². The van der Waals surface area contributed by atoms with Gasteiger partial charge in [0.25, 0.3) is 0 Å². The van der Waals surface area contributed by atoms with Gasteiger partial charge < -0.3 is 9.64 Å². The highest BCUT2D eigenvalue weighted by molar-refractivity contribution is 7.90. The zero-order valence-electron chi connectivity index (χ0n) is 14.7. The number of alkyl halides is 1. The molecule has 0 aromatic heterocycles. The predicted molar refractivity (Wildman–Crippen MR) is 90.2 cm³/mol. The van der Waals surface area contributed by atoms with E-state index in [1.807, 2.05) is 4.90 Å². The minimum atomic E-state index is -3.54. The second-order valence-corrected chi connectivity index (χ2v) is 10.4. The lowest BCUT2D eigenvalue weighted by Gasteiger charge is -2.41. The quantitative estimate of drug-likeness (QED) is 0.744. The molecule has 4 fully saturated rings. The van der Waals surface area contributed by atoms with E-state index in [0.717, 1.165) is 25.7 Å². The van der Waals surface area contributed by atoms with Gasteiger partial charge in [-0.05, 0) is 38.0 Å². The number of rotatable bonds is 3. The standard InChI is InChI=1S/C17H27FN2O4S/c1-12-2-4-13(5-3-12)16(21)19-9-14-8-15-17(10-19,24-14)11-20(7-6-18)25(15,22)23/h12-15H,2-11H2,1H3/t12?,13?,14-,15+,17+/m1/s1. The van der Waals surface area contributed by atoms with Gasteiger partial charge in [-0.3, -0.25) is 4.79 Å². The minimum absolute atomic E-state index is 0.0588. The highest BCUT2D eigenvalue weighted by Crippen LogP contribution is 2.47. The van der Waals surface area contributed by atoms with Crippen LogP contribution in [-0.4, -0.2) is 73.3 Å². The fraction of sp³-hybridized carbons (Fsp3) is 0.941. The van der Waals surface area contributed by atoms with Crippen molar-refractivity contribution in [3.05, 3.63) is 0 Å². The van der Waals surface area contributed by atoms with E-state index in [-0.39, 0.29) is 31.0 Å². The SMILES string of the molecule is CC1CCC(C(=O)N2C[C@H]3C[C@H]4[C@](C2)(CN(CCF)S4(=O)=O)O3)CC1. The predicted octanol–water partition coefficient (Wildman–Crippen LogP) is 1.17. The number of hydrogen-bond donors (Lipinski definition) is 0. The molecule has 0 unspecified atom stereocenters. The number of fused-ring (bicyclic) bond motifs is 1. The fourth-order valence-electron chi connectivity index (χ4n) is 5.18. The lowest BCUT2D eigenvalue weighted by molar-refractivity contribution is -0.155. The molecule has 1 aliphatic carbocycles. The van der Waals surface area contributed by atoms with Gasteiger partial charge in [0.2, 0.25) is 15.9 Å². The number of morpholine rings is 1. The minimum Gasteiger partial charge on any atom is -0.365 e. The van der Waals surface area contributed by atoms with Crippen LogP contribution in [0.4, 0.5) is 4.39 Å². The molecule has 3 aliphatic heterocycles. The Balaban J connectivity index is 1.52. The summed E-state index contributed by atoms with van der Waals surface area (Å²) in [4.78, 5) is 14.8. The first-order chi connectivity index (χ1) is 11.9. The third-order valence-corrected chi connectivity index (χ3v) is 8.89. The number of sulfonamides is 1. The maximum Gasteiger partial charge on any atom is 0.225 e. The summed E-state index contributed by atoms with van der Waals surface area (Å²) in [5, 5.41) is -0.638. The van der Waals surface area contributed by atoms with Gasteiger partial charge in [-0.2, -0.15) is 4.31 Å². The van der Waals surface area contributed by atoms with Gasteiger partial charge >= 0.3 is 0 Å². The maximum atomic E-state index is 13.0. The smallest absolute Gasteiger partial charge is 0.225 e. The Hall–Kier alpha value is -0.730. The lowest BCUT2D eigenvalue weighted by Crippen LogP contribution is -2.57. The Labute approximate surface area is 148 Å². The second-order valence-electron chi connectivity index (χ2n) is 8.27. The van der Waals surface area contributed by atoms with E-state index in [1.54, 1.807) is 0 Å². The molecule has 3 saturated heterocycles. The van der Waals surface area contributed by atoms with Crippen molar-refractivity contribution in [3.8, 4) is 0 Å². The van der Waals surface area contributed by atoms with Crippen molar-refractivity contribution in [1.82, 2.24) is 9.21 Å². The van der Waals surface area contributed by atoms with Crippen molar-refractivity contribution < 1.29 is 22.3 Å². The molecule has 1 spiro atoms. The van der Waals surface area contributed by atoms with Gasteiger partial charge in [0, 0.05) is 25.6 Å². The van der Waals surface area contributed by atoms with Crippen molar-refractivity contribution in [2.45, 2.75) is 56.0 Å². The van der Waals surface area contributed by atoms with Gasteiger partial charge in [-0.1, -0.05) is 6.92 Å². The first-order valence-electron chi connectivity index (χ1n) is 9.37. The summed E-state index contributed by atoms with van der Waals surface area (Å²) in [6.07, 6.45) is 4.20. The van der Waals surface area contributed by atoms with Gasteiger partial charge in [0.05, 0.1) is 12.6 Å². The summed E-state index contributed by atoms with van der Waals surface area (Å²) in [5.74, 6) is 0.896. The Morgan fingerprint density at radius 1 is 1.24 bits per heavy atom. The molecule has 0 radical (unpaired) electrons. The molecular formula is C17H27FN2O4S. The molecule has 8 heteroatoms. The average molecular weight is 374 g/mol. The first-order valence-corrected chi connectivity index (χ1v) is 10.9. The number of carbonyl (C=O) groups excluding carboxylic acids is 1. The Kier molecular flexibility index (Phi) is 4.36. The number of likely N-dealkylation sites (tertiary alicyclic amines) is 1. The molecule has 3 atom stereocenters. The van der Waals surface area contributed by atoms with Gasteiger partial charge in [0.15, 0.2) is 0 Å². The van der Waals surface area contributed by atoms with Crippen molar-refractivity contribution in [2.75, 3.05) is 32.9 Å². The van der Waals surface area contributed by atoms with Crippen LogP contribution >= 0.6 is 0 Å². The van der Waals surface area contributed by atoms with Crippen LogP contribution in [0, 0.1) is 11.8 Å². The number of amides is 1. The molecular weight excluding hydrogens is 347 g/mol. The van der Waals surface area contributed by atoms with Gasteiger partial charge in [-0.15, -0.1) is 0 Å². The maximum absolute atomic E-state index is 13.0. The van der Waals surface area contributed by atoms with E-state index in [4.69, 9.17) is 4.74 Å². The highest BCUT2D eigenvalue weighted by Gasteiger charge is 2.65. The average Bonchev–Trinajstić information content (AvgIpc) is 2.94. The highest BCUT2D eigenvalue weighted by atomic mass is 32.2. The fourth-order valence-corrected chi connectivity index (χ4v) is 7.47. The van der Waals surface area contributed by atoms with E-state index in [1.165, 1.54) is 4.31 Å². The number of ether oxygens (including phenoxy) is 1. The normalized spacial score (nSPS) is 43.2. The molecule has 0 N–H and O–H groups in total. The van der Waals surface area contributed by atoms with E-state index in [9.17, 15) is 17.6 Å². The van der Waals surface area contributed by atoms with Crippen LogP contribution in [0.25, 0.3) is 0 Å². The third kappa shape index (κ3) is 2.80. The molecule has 4 rings (SSSR count). The van der Waals surface area contributed by atoms with Crippen molar-refractivity contribution in [1.29, 1.82) is 0 Å². The molecule has 1 saturated carbocycles. The molecule has 4 aliphatic rings. The lowest BCUT2D eigenvalue weighted by atomic mass is 9.82. The molecule has 0 aromatic rings. The van der Waals surface area contributed by atoms with E-state index < -0.39 is 27.5 Å². The summed E-state index contributed by atoms with van der Waals surface area (Å²) in [6, 6.07) is 0. The summed E-state index contributed by atoms with van der Waals surface area (Å²) in [7, 11) is -3.54. The number of nitrogens with zero attached hydrogens (tertiary/aromatic N) is 2. The van der Waals surface area contributed by atoms with Gasteiger partial charge in [-0.25, -0.2) is 12.8 Å². The van der Waals surface area contributed by atoms with Crippen molar-refractivity contribution in [3.63, 3.8) is 0 Å². The number of carbonyl (C=O) groups is 1. The molecule has 3 heterocycles. The van der Waals surface area contributed by atoms with E-state index in [2.05, 4.69) is 6.92 Å². The van der Waals surface area contributed by atoms with Crippen LogP contribution in [0.1, 0.15) is 39.0 Å². The van der Waals surface area contributed by atoms with Crippen LogP contribution in [0.5, 0.6) is 0 Å². The summed E-state index contributed by atoms with van der Waals surface area (Å²) in [5.41, 5.74) is -0.867. The number of hydrogen-bond acceptors (Lipinski definition) is 4. The molecule has 0 aromatic carbocycles. The Morgan fingerprint density at radius 3 is 2.64 bits per heavy atom. The van der Waals surface area contributed by atoms with Crippen LogP contribution in [0.3, 0.4) is 0 Å². The summed E-state index contributed by atoms with van der Waals surface area (Å²) < 4.78 is 45.4. The summed E-state index contributed by atoms with van der Waals surface area (Å²) in [6.45, 7) is 2.38. The van der Waals surface area contributed by atoms with Gasteiger partial charge in [0.1, 0.15) is 17.5 Å².